The van der Waals surface area contributed by atoms with Crippen molar-refractivity contribution in [3.8, 4) is 5.75 Å². The Labute approximate surface area is 127 Å². The Morgan fingerprint density at radius 2 is 2.19 bits per heavy atom. The maximum absolute atomic E-state index is 12.4. The number of hydrogen-bond donors (Lipinski definition) is 2. The first-order valence-corrected chi connectivity index (χ1v) is 7.90. The molecule has 1 aromatic carbocycles. The topological polar surface area (TPSA) is 50.4 Å². The molecule has 1 amide bonds. The number of piperidine rings is 1. The van der Waals surface area contributed by atoms with E-state index in [1.54, 1.807) is 0 Å². The van der Waals surface area contributed by atoms with E-state index in [0.717, 1.165) is 37.2 Å². The standard InChI is InChI=1S/C17H26N2O2/c1-4-13-9-10-18-15(11-13)17(20)19-14-7-5-6-8-16(14)21-12(2)3/h5-8,12-13,15,18H,4,9-11H2,1-3H3,(H,19,20). The molecule has 0 aliphatic carbocycles. The van der Waals surface area contributed by atoms with Crippen LogP contribution in [0.2, 0.25) is 0 Å². The third-order valence-electron chi connectivity index (χ3n) is 3.91. The zero-order valence-electron chi connectivity index (χ0n) is 13.2. The molecule has 2 atom stereocenters. The molecule has 0 spiro atoms. The molecule has 0 aromatic heterocycles. The first-order chi connectivity index (χ1) is 10.1. The Morgan fingerprint density at radius 1 is 1.43 bits per heavy atom. The Bertz CT molecular complexity index is 474. The molecule has 4 heteroatoms. The van der Waals surface area contributed by atoms with Crippen LogP contribution in [0.3, 0.4) is 0 Å². The molecular formula is C17H26N2O2. The molecule has 2 unspecified atom stereocenters. The molecule has 1 fully saturated rings. The smallest absolute Gasteiger partial charge is 0.241 e. The highest BCUT2D eigenvalue weighted by molar-refractivity contribution is 5.96. The Hall–Kier alpha value is -1.55. The summed E-state index contributed by atoms with van der Waals surface area (Å²) in [5.41, 5.74) is 0.747. The van der Waals surface area contributed by atoms with Crippen molar-refractivity contribution < 1.29 is 9.53 Å². The number of hydrogen-bond acceptors (Lipinski definition) is 3. The van der Waals surface area contributed by atoms with Crippen LogP contribution in [-0.2, 0) is 4.79 Å². The molecule has 21 heavy (non-hydrogen) atoms. The number of ether oxygens (including phenoxy) is 1. The number of anilines is 1. The number of para-hydroxylation sites is 2. The normalized spacial score (nSPS) is 22.1. The zero-order chi connectivity index (χ0) is 15.2. The lowest BCUT2D eigenvalue weighted by atomic mass is 9.90. The van der Waals surface area contributed by atoms with Gasteiger partial charge in [-0.3, -0.25) is 4.79 Å². The second kappa shape index (κ2) is 7.46. The van der Waals surface area contributed by atoms with Crippen molar-refractivity contribution in [2.75, 3.05) is 11.9 Å². The van der Waals surface area contributed by atoms with Gasteiger partial charge in [-0.1, -0.05) is 25.5 Å². The number of amides is 1. The van der Waals surface area contributed by atoms with Crippen LogP contribution in [0, 0.1) is 5.92 Å². The fraction of sp³-hybridized carbons (Fsp3) is 0.588. The third-order valence-corrected chi connectivity index (χ3v) is 3.91. The lowest BCUT2D eigenvalue weighted by Gasteiger charge is -2.29. The molecule has 1 heterocycles. The SMILES string of the molecule is CCC1CCNC(C(=O)Nc2ccccc2OC(C)C)C1. The minimum Gasteiger partial charge on any atom is -0.489 e. The van der Waals surface area contributed by atoms with Crippen molar-refractivity contribution in [3.63, 3.8) is 0 Å². The molecule has 116 valence electrons. The molecular weight excluding hydrogens is 264 g/mol. The summed E-state index contributed by atoms with van der Waals surface area (Å²) < 4.78 is 5.74. The van der Waals surface area contributed by atoms with Gasteiger partial charge in [-0.15, -0.1) is 0 Å². The van der Waals surface area contributed by atoms with Crippen LogP contribution in [-0.4, -0.2) is 24.6 Å². The van der Waals surface area contributed by atoms with E-state index in [0.29, 0.717) is 5.92 Å². The number of carbonyl (C=O) groups excluding carboxylic acids is 1. The van der Waals surface area contributed by atoms with Gasteiger partial charge < -0.3 is 15.4 Å². The van der Waals surface area contributed by atoms with E-state index in [2.05, 4.69) is 17.6 Å². The first kappa shape index (κ1) is 15.8. The van der Waals surface area contributed by atoms with Crippen molar-refractivity contribution >= 4 is 11.6 Å². The van der Waals surface area contributed by atoms with Gasteiger partial charge in [0.15, 0.2) is 0 Å². The summed E-state index contributed by atoms with van der Waals surface area (Å²) in [5, 5.41) is 6.31. The molecule has 1 aromatic rings. The zero-order valence-corrected chi connectivity index (χ0v) is 13.2. The van der Waals surface area contributed by atoms with E-state index in [-0.39, 0.29) is 18.1 Å². The summed E-state index contributed by atoms with van der Waals surface area (Å²) in [4.78, 5) is 12.4. The molecule has 0 radical (unpaired) electrons. The van der Waals surface area contributed by atoms with E-state index in [4.69, 9.17) is 4.74 Å². The largest absolute Gasteiger partial charge is 0.489 e. The van der Waals surface area contributed by atoms with Crippen LogP contribution in [0.4, 0.5) is 5.69 Å². The van der Waals surface area contributed by atoms with Crippen LogP contribution in [0.15, 0.2) is 24.3 Å². The van der Waals surface area contributed by atoms with Gasteiger partial charge in [-0.2, -0.15) is 0 Å². The predicted molar refractivity (Wildman–Crippen MR) is 85.6 cm³/mol. The van der Waals surface area contributed by atoms with Gasteiger partial charge in [-0.05, 0) is 51.3 Å². The summed E-state index contributed by atoms with van der Waals surface area (Å²) in [6.45, 7) is 7.07. The summed E-state index contributed by atoms with van der Waals surface area (Å²) in [7, 11) is 0. The predicted octanol–water partition coefficient (Wildman–Crippen LogP) is 3.19. The summed E-state index contributed by atoms with van der Waals surface area (Å²) >= 11 is 0. The number of carbonyl (C=O) groups is 1. The van der Waals surface area contributed by atoms with Gasteiger partial charge in [0, 0.05) is 0 Å². The minimum atomic E-state index is -0.101. The highest BCUT2D eigenvalue weighted by Crippen LogP contribution is 2.26. The molecule has 1 aliphatic heterocycles. The first-order valence-electron chi connectivity index (χ1n) is 7.90. The molecule has 4 nitrogen and oxygen atoms in total. The molecule has 1 aliphatic rings. The van der Waals surface area contributed by atoms with E-state index in [1.165, 1.54) is 0 Å². The second-order valence-electron chi connectivity index (χ2n) is 5.96. The Morgan fingerprint density at radius 3 is 2.90 bits per heavy atom. The van der Waals surface area contributed by atoms with Gasteiger partial charge >= 0.3 is 0 Å². The van der Waals surface area contributed by atoms with Crippen LogP contribution in [0.5, 0.6) is 5.75 Å². The summed E-state index contributed by atoms with van der Waals surface area (Å²) in [5.74, 6) is 1.40. The van der Waals surface area contributed by atoms with Gasteiger partial charge in [0.25, 0.3) is 0 Å². The molecule has 2 rings (SSSR count). The Balaban J connectivity index is 2.02. The molecule has 0 saturated carbocycles. The molecule has 0 bridgehead atoms. The average Bonchev–Trinajstić information content (AvgIpc) is 2.48. The number of benzene rings is 1. The average molecular weight is 290 g/mol. The van der Waals surface area contributed by atoms with E-state index in [1.807, 2.05) is 38.1 Å². The quantitative estimate of drug-likeness (QED) is 0.875. The summed E-state index contributed by atoms with van der Waals surface area (Å²) in [6, 6.07) is 7.50. The third kappa shape index (κ3) is 4.46. The van der Waals surface area contributed by atoms with Crippen molar-refractivity contribution in [3.05, 3.63) is 24.3 Å². The monoisotopic (exact) mass is 290 g/mol. The summed E-state index contributed by atoms with van der Waals surface area (Å²) in [6.07, 6.45) is 3.29. The highest BCUT2D eigenvalue weighted by atomic mass is 16.5. The van der Waals surface area contributed by atoms with Crippen molar-refractivity contribution in [1.29, 1.82) is 0 Å². The minimum absolute atomic E-state index is 0.0351. The lowest BCUT2D eigenvalue weighted by molar-refractivity contribution is -0.119. The number of rotatable bonds is 5. The fourth-order valence-corrected chi connectivity index (χ4v) is 2.71. The Kier molecular flexibility index (Phi) is 5.62. The molecule has 2 N–H and O–H groups in total. The molecule has 1 saturated heterocycles. The van der Waals surface area contributed by atoms with Crippen molar-refractivity contribution in [1.82, 2.24) is 5.32 Å². The number of nitrogens with one attached hydrogen (secondary N) is 2. The lowest BCUT2D eigenvalue weighted by Crippen LogP contribution is -2.46. The van der Waals surface area contributed by atoms with Crippen LogP contribution >= 0.6 is 0 Å². The van der Waals surface area contributed by atoms with Crippen LogP contribution in [0.25, 0.3) is 0 Å². The highest BCUT2D eigenvalue weighted by Gasteiger charge is 2.26. The fourth-order valence-electron chi connectivity index (χ4n) is 2.71. The van der Waals surface area contributed by atoms with Gasteiger partial charge in [0.1, 0.15) is 5.75 Å². The van der Waals surface area contributed by atoms with Crippen LogP contribution in [0.1, 0.15) is 40.0 Å². The maximum Gasteiger partial charge on any atom is 0.241 e. The van der Waals surface area contributed by atoms with E-state index in [9.17, 15) is 4.79 Å². The second-order valence-corrected chi connectivity index (χ2v) is 5.96. The van der Waals surface area contributed by atoms with E-state index < -0.39 is 0 Å². The van der Waals surface area contributed by atoms with Gasteiger partial charge in [-0.25, -0.2) is 0 Å². The van der Waals surface area contributed by atoms with Crippen molar-refractivity contribution in [2.24, 2.45) is 5.92 Å². The van der Waals surface area contributed by atoms with Gasteiger partial charge in [0.2, 0.25) is 5.91 Å². The van der Waals surface area contributed by atoms with Crippen molar-refractivity contribution in [2.45, 2.75) is 52.2 Å². The van der Waals surface area contributed by atoms with E-state index >= 15 is 0 Å². The van der Waals surface area contributed by atoms with Gasteiger partial charge in [0.05, 0.1) is 17.8 Å². The van der Waals surface area contributed by atoms with Crippen LogP contribution < -0.4 is 15.4 Å². The maximum atomic E-state index is 12.4.